The maximum absolute atomic E-state index is 13.0. The lowest BCUT2D eigenvalue weighted by Crippen LogP contribution is -2.33. The van der Waals surface area contributed by atoms with Crippen LogP contribution >= 0.6 is 11.6 Å². The van der Waals surface area contributed by atoms with Crippen molar-refractivity contribution in [1.82, 2.24) is 14.7 Å². The molecule has 1 amide bonds. The molecule has 0 spiro atoms. The van der Waals surface area contributed by atoms with Crippen molar-refractivity contribution in [2.24, 2.45) is 0 Å². The molecule has 0 unspecified atom stereocenters. The van der Waals surface area contributed by atoms with Gasteiger partial charge >= 0.3 is 6.18 Å². The Balaban J connectivity index is 1.98. The maximum atomic E-state index is 13.0. The number of nitrogens with zero attached hydrogens (tertiary/aromatic N) is 3. The molecule has 2 aromatic carbocycles. The molecule has 3 aromatic rings. The maximum Gasteiger partial charge on any atom is 0.416 e. The molecule has 0 aliphatic heterocycles. The summed E-state index contributed by atoms with van der Waals surface area (Å²) in [6.07, 6.45) is -4.53. The molecular formula is C21H17ClF3N3O2. The van der Waals surface area contributed by atoms with E-state index in [1.165, 1.54) is 37.1 Å². The lowest BCUT2D eigenvalue weighted by molar-refractivity contribution is -0.137. The van der Waals surface area contributed by atoms with Crippen LogP contribution in [-0.4, -0.2) is 27.6 Å². The molecule has 0 aliphatic rings. The predicted octanol–water partition coefficient (Wildman–Crippen LogP) is 4.49. The predicted molar refractivity (Wildman–Crippen MR) is 107 cm³/mol. The summed E-state index contributed by atoms with van der Waals surface area (Å²) in [4.78, 5) is 26.5. The molecule has 0 aliphatic carbocycles. The Bertz CT molecular complexity index is 1160. The van der Waals surface area contributed by atoms with Crippen molar-refractivity contribution in [1.29, 1.82) is 0 Å². The molecule has 0 bridgehead atoms. The van der Waals surface area contributed by atoms with Crippen LogP contribution in [0.4, 0.5) is 13.2 Å². The largest absolute Gasteiger partial charge is 0.416 e. The molecule has 3 rings (SSSR count). The Hall–Kier alpha value is -3.13. The number of hydrogen-bond donors (Lipinski definition) is 0. The highest BCUT2D eigenvalue weighted by atomic mass is 35.5. The number of rotatable bonds is 4. The quantitative estimate of drug-likeness (QED) is 0.607. The van der Waals surface area contributed by atoms with E-state index in [2.05, 4.69) is 5.10 Å². The summed E-state index contributed by atoms with van der Waals surface area (Å²) in [5.41, 5.74) is -0.807. The molecule has 1 aromatic heterocycles. The van der Waals surface area contributed by atoms with Gasteiger partial charge in [-0.25, -0.2) is 4.68 Å². The Morgan fingerprint density at radius 1 is 1.13 bits per heavy atom. The first-order chi connectivity index (χ1) is 14.1. The van der Waals surface area contributed by atoms with E-state index in [1.807, 2.05) is 0 Å². The average Bonchev–Trinajstić information content (AvgIpc) is 2.69. The first-order valence-corrected chi connectivity index (χ1v) is 9.23. The zero-order valence-electron chi connectivity index (χ0n) is 16.1. The van der Waals surface area contributed by atoms with Crippen LogP contribution in [-0.2, 0) is 12.7 Å². The van der Waals surface area contributed by atoms with Crippen molar-refractivity contribution >= 4 is 17.5 Å². The van der Waals surface area contributed by atoms with Gasteiger partial charge in [-0.1, -0.05) is 35.9 Å². The summed E-state index contributed by atoms with van der Waals surface area (Å²) in [5.74, 6) is -0.666. The van der Waals surface area contributed by atoms with E-state index >= 15 is 0 Å². The first-order valence-electron chi connectivity index (χ1n) is 8.85. The van der Waals surface area contributed by atoms with E-state index in [0.29, 0.717) is 16.3 Å². The normalized spacial score (nSPS) is 11.4. The third-order valence-corrected chi connectivity index (χ3v) is 4.81. The Morgan fingerprint density at radius 2 is 1.83 bits per heavy atom. The summed E-state index contributed by atoms with van der Waals surface area (Å²) < 4.78 is 40.3. The number of aromatic nitrogens is 2. The number of benzene rings is 2. The Morgan fingerprint density at radius 3 is 2.50 bits per heavy atom. The van der Waals surface area contributed by atoms with Crippen LogP contribution in [0.25, 0.3) is 5.69 Å². The summed E-state index contributed by atoms with van der Waals surface area (Å²) in [7, 11) is 1.49. The zero-order chi connectivity index (χ0) is 22.1. The minimum atomic E-state index is -4.53. The van der Waals surface area contributed by atoms with E-state index in [-0.39, 0.29) is 12.2 Å². The van der Waals surface area contributed by atoms with Crippen LogP contribution in [0.2, 0.25) is 5.02 Å². The van der Waals surface area contributed by atoms with Gasteiger partial charge in [0.1, 0.15) is 0 Å². The van der Waals surface area contributed by atoms with Crippen LogP contribution in [0.1, 0.15) is 27.3 Å². The van der Waals surface area contributed by atoms with Crippen LogP contribution in [0.5, 0.6) is 0 Å². The van der Waals surface area contributed by atoms with Crippen molar-refractivity contribution in [2.45, 2.75) is 19.6 Å². The fraction of sp³-hybridized carbons (Fsp3) is 0.190. The summed E-state index contributed by atoms with van der Waals surface area (Å²) >= 11 is 6.12. The molecule has 0 fully saturated rings. The third-order valence-electron chi connectivity index (χ3n) is 4.44. The number of aryl methyl sites for hydroxylation is 1. The van der Waals surface area contributed by atoms with Gasteiger partial charge in [0, 0.05) is 30.4 Å². The molecule has 0 radical (unpaired) electrons. The van der Waals surface area contributed by atoms with Crippen molar-refractivity contribution in [2.75, 3.05) is 7.05 Å². The smallest absolute Gasteiger partial charge is 0.336 e. The second kappa shape index (κ2) is 8.31. The minimum absolute atomic E-state index is 0.0881. The van der Waals surface area contributed by atoms with Crippen LogP contribution in [0.15, 0.2) is 59.4 Å². The van der Waals surface area contributed by atoms with Crippen LogP contribution < -0.4 is 5.43 Å². The van der Waals surface area contributed by atoms with Crippen molar-refractivity contribution in [3.63, 3.8) is 0 Å². The van der Waals surface area contributed by atoms with Crippen molar-refractivity contribution in [3.8, 4) is 5.69 Å². The zero-order valence-corrected chi connectivity index (χ0v) is 16.8. The van der Waals surface area contributed by atoms with Gasteiger partial charge in [0.2, 0.25) is 5.43 Å². The molecule has 9 heteroatoms. The molecule has 156 valence electrons. The van der Waals surface area contributed by atoms with Gasteiger partial charge in [0.15, 0.2) is 5.69 Å². The van der Waals surface area contributed by atoms with Gasteiger partial charge < -0.3 is 4.90 Å². The summed E-state index contributed by atoms with van der Waals surface area (Å²) in [5, 5.41) is 4.53. The highest BCUT2D eigenvalue weighted by molar-refractivity contribution is 6.31. The average molecular weight is 436 g/mol. The number of amides is 1. The fourth-order valence-corrected chi connectivity index (χ4v) is 3.10. The van der Waals surface area contributed by atoms with Gasteiger partial charge in [-0.05, 0) is 36.8 Å². The second-order valence-corrected chi connectivity index (χ2v) is 7.12. The van der Waals surface area contributed by atoms with E-state index in [1.54, 1.807) is 24.3 Å². The van der Waals surface area contributed by atoms with Crippen molar-refractivity contribution < 1.29 is 18.0 Å². The molecule has 0 N–H and O–H groups in total. The molecule has 1 heterocycles. The van der Waals surface area contributed by atoms with Crippen LogP contribution in [0, 0.1) is 6.92 Å². The Kier molecular flexibility index (Phi) is 5.98. The van der Waals surface area contributed by atoms with Gasteiger partial charge in [-0.2, -0.15) is 18.3 Å². The number of halogens is 4. The van der Waals surface area contributed by atoms with Gasteiger partial charge in [-0.15, -0.1) is 0 Å². The number of alkyl halides is 3. The van der Waals surface area contributed by atoms with Gasteiger partial charge in [0.05, 0.1) is 11.3 Å². The van der Waals surface area contributed by atoms with Crippen molar-refractivity contribution in [3.05, 3.63) is 92.4 Å². The summed E-state index contributed by atoms with van der Waals surface area (Å²) in [6.45, 7) is 1.66. The highest BCUT2D eigenvalue weighted by Gasteiger charge is 2.30. The minimum Gasteiger partial charge on any atom is -0.336 e. The lowest BCUT2D eigenvalue weighted by atomic mass is 10.2. The standard InChI is InChI=1S/C21H17ClF3N3O2/c1-13-10-18(29)19(20(30)27(2)12-14-6-3-4-9-17(14)22)26-28(13)16-8-5-7-15(11-16)21(23,24)25/h3-11H,12H2,1-2H3. The number of carbonyl (C=O) groups is 1. The molecular weight excluding hydrogens is 419 g/mol. The topological polar surface area (TPSA) is 55.2 Å². The molecule has 5 nitrogen and oxygen atoms in total. The Labute approximate surface area is 175 Å². The number of hydrogen-bond acceptors (Lipinski definition) is 3. The molecule has 30 heavy (non-hydrogen) atoms. The van der Waals surface area contributed by atoms with Gasteiger partial charge in [0.25, 0.3) is 5.91 Å². The molecule has 0 saturated heterocycles. The SMILES string of the molecule is Cc1cc(=O)c(C(=O)N(C)Cc2ccccc2Cl)nn1-c1cccc(C(F)(F)F)c1. The van der Waals surface area contributed by atoms with E-state index in [9.17, 15) is 22.8 Å². The highest BCUT2D eigenvalue weighted by Crippen LogP contribution is 2.30. The third kappa shape index (κ3) is 4.54. The van der Waals surface area contributed by atoms with E-state index < -0.39 is 28.8 Å². The van der Waals surface area contributed by atoms with Gasteiger partial charge in [-0.3, -0.25) is 9.59 Å². The lowest BCUT2D eigenvalue weighted by Gasteiger charge is -2.18. The van der Waals surface area contributed by atoms with E-state index in [4.69, 9.17) is 11.6 Å². The number of carbonyl (C=O) groups excluding carboxylic acids is 1. The molecule has 0 atom stereocenters. The first kappa shape index (κ1) is 21.6. The monoisotopic (exact) mass is 435 g/mol. The summed E-state index contributed by atoms with van der Waals surface area (Å²) in [6, 6.07) is 12.6. The van der Waals surface area contributed by atoms with Crippen LogP contribution in [0.3, 0.4) is 0 Å². The molecule has 0 saturated carbocycles. The fourth-order valence-electron chi connectivity index (χ4n) is 2.91. The van der Waals surface area contributed by atoms with E-state index in [0.717, 1.165) is 16.8 Å². The second-order valence-electron chi connectivity index (χ2n) is 6.71.